The number of nitrogens with zero attached hydrogens (tertiary/aromatic N) is 1. The van der Waals surface area contributed by atoms with Crippen LogP contribution in [0.5, 0.6) is 0 Å². The van der Waals surface area contributed by atoms with E-state index in [1.54, 1.807) is 0 Å². The molecular weight excluding hydrogens is 152 g/mol. The second-order valence-electron chi connectivity index (χ2n) is 1.84. The van der Waals surface area contributed by atoms with E-state index >= 15 is 0 Å². The summed E-state index contributed by atoms with van der Waals surface area (Å²) in [5, 5.41) is 2.22. The van der Waals surface area contributed by atoms with Crippen LogP contribution in [-0.2, 0) is 0 Å². The summed E-state index contributed by atoms with van der Waals surface area (Å²) in [5.41, 5.74) is 3.14. The van der Waals surface area contributed by atoms with Gasteiger partial charge in [0.25, 0.3) is 0 Å². The average molecular weight is 164 g/mol. The molecular formula is C5H12N2S2. The first kappa shape index (κ1) is 7.72. The molecule has 1 fully saturated rings. The summed E-state index contributed by atoms with van der Waals surface area (Å²) in [6.45, 7) is 0. The normalized spacial score (nSPS) is 23.7. The minimum Gasteiger partial charge on any atom is -0.257 e. The zero-order valence-electron chi connectivity index (χ0n) is 5.59. The van der Waals surface area contributed by atoms with Gasteiger partial charge in [-0.05, 0) is 7.05 Å². The smallest absolute Gasteiger partial charge is 0.0597 e. The van der Waals surface area contributed by atoms with Crippen LogP contribution in [-0.4, -0.2) is 35.3 Å². The van der Waals surface area contributed by atoms with Crippen LogP contribution in [0.4, 0.5) is 0 Å². The fraction of sp³-hybridized carbons (Fsp3) is 1.00. The lowest BCUT2D eigenvalue weighted by Gasteiger charge is -2.15. The minimum absolute atomic E-state index is 1.13. The Morgan fingerprint density at radius 3 is 2.22 bits per heavy atom. The van der Waals surface area contributed by atoms with Crippen LogP contribution in [0.2, 0.25) is 0 Å². The Hall–Kier alpha value is 0.620. The molecule has 1 rings (SSSR count). The number of hydrogen-bond donors (Lipinski definition) is 1. The summed E-state index contributed by atoms with van der Waals surface area (Å²) in [7, 11) is 1.98. The monoisotopic (exact) mass is 164 g/mol. The fourth-order valence-electron chi connectivity index (χ4n) is 0.634. The van der Waals surface area contributed by atoms with Gasteiger partial charge in [-0.1, -0.05) is 0 Å². The highest BCUT2D eigenvalue weighted by atomic mass is 32.2. The third kappa shape index (κ3) is 2.80. The molecule has 0 aromatic rings. The van der Waals surface area contributed by atoms with Gasteiger partial charge in [0.2, 0.25) is 0 Å². The quantitative estimate of drug-likeness (QED) is 0.617. The van der Waals surface area contributed by atoms with Crippen LogP contribution in [0.1, 0.15) is 0 Å². The van der Waals surface area contributed by atoms with Crippen LogP contribution in [0.15, 0.2) is 0 Å². The Balaban J connectivity index is 2.18. The Morgan fingerprint density at radius 1 is 1.22 bits per heavy atom. The van der Waals surface area contributed by atoms with Gasteiger partial charge in [-0.25, -0.2) is 5.01 Å². The van der Waals surface area contributed by atoms with E-state index in [2.05, 4.69) is 10.4 Å². The molecule has 0 aromatic heterocycles. The molecule has 0 spiro atoms. The van der Waals surface area contributed by atoms with E-state index in [1.807, 2.05) is 30.6 Å². The van der Waals surface area contributed by atoms with Crippen molar-refractivity contribution in [1.82, 2.24) is 10.4 Å². The largest absolute Gasteiger partial charge is 0.257 e. The van der Waals surface area contributed by atoms with Crippen LogP contribution in [0.3, 0.4) is 0 Å². The van der Waals surface area contributed by atoms with Crippen molar-refractivity contribution in [3.8, 4) is 0 Å². The number of nitrogens with one attached hydrogen (secondary N) is 1. The first-order chi connectivity index (χ1) is 4.43. The highest BCUT2D eigenvalue weighted by Gasteiger charge is 2.05. The van der Waals surface area contributed by atoms with Gasteiger partial charge >= 0.3 is 0 Å². The van der Waals surface area contributed by atoms with E-state index in [0.717, 1.165) is 11.8 Å². The van der Waals surface area contributed by atoms with Crippen molar-refractivity contribution < 1.29 is 0 Å². The number of hydrazine groups is 1. The summed E-state index contributed by atoms with van der Waals surface area (Å²) in [4.78, 5) is 0. The van der Waals surface area contributed by atoms with Gasteiger partial charge in [0.15, 0.2) is 0 Å². The molecule has 0 unspecified atom stereocenters. The maximum absolute atomic E-state index is 3.14. The topological polar surface area (TPSA) is 15.3 Å². The maximum Gasteiger partial charge on any atom is 0.0597 e. The molecule has 1 aliphatic rings. The molecule has 0 radical (unpaired) electrons. The number of rotatable bonds is 1. The first-order valence-corrected chi connectivity index (χ1v) is 5.32. The molecule has 1 N–H and O–H groups in total. The van der Waals surface area contributed by atoms with Crippen molar-refractivity contribution in [2.45, 2.75) is 0 Å². The number of hydrogen-bond acceptors (Lipinski definition) is 4. The summed E-state index contributed by atoms with van der Waals surface area (Å²) >= 11 is 3.98. The van der Waals surface area contributed by atoms with E-state index in [9.17, 15) is 0 Å². The van der Waals surface area contributed by atoms with E-state index in [4.69, 9.17) is 0 Å². The first-order valence-electron chi connectivity index (χ1n) is 3.01. The van der Waals surface area contributed by atoms with Gasteiger partial charge < -0.3 is 0 Å². The van der Waals surface area contributed by atoms with Gasteiger partial charge in [0, 0.05) is 11.5 Å². The molecule has 0 bridgehead atoms. The van der Waals surface area contributed by atoms with E-state index in [-0.39, 0.29) is 0 Å². The predicted molar refractivity (Wildman–Crippen MR) is 45.5 cm³/mol. The fourth-order valence-corrected chi connectivity index (χ4v) is 2.83. The van der Waals surface area contributed by atoms with Gasteiger partial charge in [0.1, 0.15) is 0 Å². The lowest BCUT2D eigenvalue weighted by atomic mass is 11.0. The zero-order chi connectivity index (χ0) is 6.53. The standard InChI is InChI=1S/C5H12N2S2/c1-6-7-4-8-2-3-9-5-7/h6H,2-5H2,1H3. The van der Waals surface area contributed by atoms with Crippen molar-refractivity contribution >= 4 is 23.5 Å². The highest BCUT2D eigenvalue weighted by Crippen LogP contribution is 2.14. The van der Waals surface area contributed by atoms with E-state index in [0.29, 0.717) is 0 Å². The zero-order valence-corrected chi connectivity index (χ0v) is 7.23. The summed E-state index contributed by atoms with van der Waals surface area (Å²) in [6, 6.07) is 0. The van der Waals surface area contributed by atoms with Crippen molar-refractivity contribution in [3.63, 3.8) is 0 Å². The van der Waals surface area contributed by atoms with Crippen LogP contribution < -0.4 is 5.43 Å². The van der Waals surface area contributed by atoms with Crippen LogP contribution in [0, 0.1) is 0 Å². The van der Waals surface area contributed by atoms with Crippen molar-refractivity contribution in [2.75, 3.05) is 30.3 Å². The van der Waals surface area contributed by atoms with Crippen molar-refractivity contribution in [2.24, 2.45) is 0 Å². The molecule has 54 valence electrons. The SMILES string of the molecule is CNN1CSCCSC1. The molecule has 1 heterocycles. The minimum atomic E-state index is 1.13. The molecule has 0 aromatic carbocycles. The van der Waals surface area contributed by atoms with Crippen molar-refractivity contribution in [1.29, 1.82) is 0 Å². The van der Waals surface area contributed by atoms with Crippen LogP contribution in [0.25, 0.3) is 0 Å². The van der Waals surface area contributed by atoms with Gasteiger partial charge in [-0.2, -0.15) is 0 Å². The molecule has 1 saturated heterocycles. The second kappa shape index (κ2) is 4.44. The Labute approximate surface area is 64.7 Å². The average Bonchev–Trinajstić information content (AvgIpc) is 2.13. The summed E-state index contributed by atoms with van der Waals surface area (Å²) in [6.07, 6.45) is 0. The molecule has 1 aliphatic heterocycles. The van der Waals surface area contributed by atoms with Gasteiger partial charge in [-0.15, -0.1) is 23.5 Å². The maximum atomic E-state index is 3.14. The van der Waals surface area contributed by atoms with Gasteiger partial charge in [0.05, 0.1) is 11.8 Å². The third-order valence-corrected chi connectivity index (χ3v) is 3.41. The molecule has 4 heteroatoms. The molecule has 2 nitrogen and oxygen atoms in total. The molecule has 0 saturated carbocycles. The highest BCUT2D eigenvalue weighted by molar-refractivity contribution is 8.03. The lowest BCUT2D eigenvalue weighted by Crippen LogP contribution is -2.33. The predicted octanol–water partition coefficient (Wildman–Crippen LogP) is 0.818. The molecule has 9 heavy (non-hydrogen) atoms. The second-order valence-corrected chi connectivity index (χ2v) is 3.99. The Bertz CT molecular complexity index is 71.4. The van der Waals surface area contributed by atoms with E-state index < -0.39 is 0 Å². The van der Waals surface area contributed by atoms with E-state index in [1.165, 1.54) is 11.5 Å². The third-order valence-electron chi connectivity index (χ3n) is 1.18. The molecule has 0 amide bonds. The Kier molecular flexibility index (Phi) is 3.81. The molecule has 0 aliphatic carbocycles. The summed E-state index contributed by atoms with van der Waals surface area (Å²) < 4.78 is 0. The van der Waals surface area contributed by atoms with Crippen molar-refractivity contribution in [3.05, 3.63) is 0 Å². The van der Waals surface area contributed by atoms with Crippen LogP contribution >= 0.6 is 23.5 Å². The number of thioether (sulfide) groups is 2. The molecule has 0 atom stereocenters. The Morgan fingerprint density at radius 2 is 1.78 bits per heavy atom. The summed E-state index contributed by atoms with van der Waals surface area (Å²) in [5.74, 6) is 4.85. The lowest BCUT2D eigenvalue weighted by molar-refractivity contribution is 0.296. The van der Waals surface area contributed by atoms with Gasteiger partial charge in [-0.3, -0.25) is 5.43 Å².